The number of nitrogens with zero attached hydrogens (tertiary/aromatic N) is 2. The Kier molecular flexibility index (Phi) is 5.03. The first-order valence-corrected chi connectivity index (χ1v) is 6.52. The van der Waals surface area contributed by atoms with Gasteiger partial charge in [0.2, 0.25) is 0 Å². The summed E-state index contributed by atoms with van der Waals surface area (Å²) in [5, 5.41) is 8.88. The minimum absolute atomic E-state index is 0.292. The van der Waals surface area contributed by atoms with Crippen LogP contribution in [0.5, 0.6) is 0 Å². The molecular weight excluding hydrogens is 204 g/mol. The fourth-order valence-corrected chi connectivity index (χ4v) is 2.63. The molecule has 2 heterocycles. The first-order chi connectivity index (χ1) is 7.88. The van der Waals surface area contributed by atoms with Crippen LogP contribution in [0.1, 0.15) is 12.8 Å². The van der Waals surface area contributed by atoms with E-state index in [1.807, 2.05) is 0 Å². The highest BCUT2D eigenvalue weighted by Gasteiger charge is 2.21. The Morgan fingerprint density at radius 2 is 1.62 bits per heavy atom. The van der Waals surface area contributed by atoms with Crippen LogP contribution in [0.2, 0.25) is 0 Å². The summed E-state index contributed by atoms with van der Waals surface area (Å²) < 4.78 is 5.38. The van der Waals surface area contributed by atoms with Crippen molar-refractivity contribution in [2.24, 2.45) is 5.92 Å². The summed E-state index contributed by atoms with van der Waals surface area (Å²) in [5.41, 5.74) is 0. The van der Waals surface area contributed by atoms with Crippen LogP contribution < -0.4 is 0 Å². The average molecular weight is 228 g/mol. The van der Waals surface area contributed by atoms with Gasteiger partial charge < -0.3 is 14.7 Å². The van der Waals surface area contributed by atoms with E-state index in [0.717, 1.165) is 51.9 Å². The van der Waals surface area contributed by atoms with E-state index >= 15 is 0 Å². The maximum atomic E-state index is 8.88. The second kappa shape index (κ2) is 6.55. The van der Waals surface area contributed by atoms with Crippen LogP contribution in [-0.4, -0.2) is 74.0 Å². The molecule has 0 amide bonds. The van der Waals surface area contributed by atoms with Gasteiger partial charge in [0.25, 0.3) is 0 Å². The van der Waals surface area contributed by atoms with E-state index in [-0.39, 0.29) is 0 Å². The zero-order valence-corrected chi connectivity index (χ0v) is 10.1. The number of rotatable bonds is 4. The van der Waals surface area contributed by atoms with Gasteiger partial charge in [0.05, 0.1) is 6.61 Å². The van der Waals surface area contributed by atoms with Crippen LogP contribution in [0.4, 0.5) is 0 Å². The Hall–Kier alpha value is -0.160. The van der Waals surface area contributed by atoms with Crippen LogP contribution in [0.15, 0.2) is 0 Å². The van der Waals surface area contributed by atoms with Crippen LogP contribution >= 0.6 is 0 Å². The second-order valence-corrected chi connectivity index (χ2v) is 4.92. The average Bonchev–Trinajstić information content (AvgIpc) is 2.33. The zero-order valence-electron chi connectivity index (χ0n) is 10.1. The van der Waals surface area contributed by atoms with Crippen LogP contribution in [0.25, 0.3) is 0 Å². The number of ether oxygens (including phenoxy) is 1. The predicted molar refractivity (Wildman–Crippen MR) is 63.5 cm³/mol. The van der Waals surface area contributed by atoms with Crippen molar-refractivity contribution in [3.63, 3.8) is 0 Å². The van der Waals surface area contributed by atoms with E-state index < -0.39 is 0 Å². The number of β-amino-alcohol motifs (C(OH)–C–C–N with tert-alkyl or cyclic N) is 1. The van der Waals surface area contributed by atoms with Gasteiger partial charge in [0, 0.05) is 52.5 Å². The summed E-state index contributed by atoms with van der Waals surface area (Å²) in [6.45, 7) is 8.84. The highest BCUT2D eigenvalue weighted by molar-refractivity contribution is 4.75. The van der Waals surface area contributed by atoms with Crippen molar-refractivity contribution in [2.75, 3.05) is 59.1 Å². The topological polar surface area (TPSA) is 35.9 Å². The molecule has 2 saturated heterocycles. The van der Waals surface area contributed by atoms with Crippen molar-refractivity contribution in [1.29, 1.82) is 0 Å². The maximum absolute atomic E-state index is 8.88. The molecule has 0 spiro atoms. The summed E-state index contributed by atoms with van der Waals surface area (Å²) in [6, 6.07) is 0. The van der Waals surface area contributed by atoms with Crippen LogP contribution in [-0.2, 0) is 4.74 Å². The number of hydrogen-bond donors (Lipinski definition) is 1. The Labute approximate surface area is 98.2 Å². The lowest BCUT2D eigenvalue weighted by Gasteiger charge is -2.36. The summed E-state index contributed by atoms with van der Waals surface area (Å²) in [4.78, 5) is 4.92. The molecule has 4 nitrogen and oxygen atoms in total. The molecule has 2 aliphatic heterocycles. The summed E-state index contributed by atoms with van der Waals surface area (Å²) in [5.74, 6) is 0.846. The van der Waals surface area contributed by atoms with Gasteiger partial charge in [0.1, 0.15) is 0 Å². The fraction of sp³-hybridized carbons (Fsp3) is 1.00. The minimum atomic E-state index is 0.292. The smallest absolute Gasteiger partial charge is 0.0558 e. The van der Waals surface area contributed by atoms with Gasteiger partial charge >= 0.3 is 0 Å². The summed E-state index contributed by atoms with van der Waals surface area (Å²) in [7, 11) is 0. The van der Waals surface area contributed by atoms with E-state index in [4.69, 9.17) is 9.84 Å². The second-order valence-electron chi connectivity index (χ2n) is 4.92. The van der Waals surface area contributed by atoms with Crippen molar-refractivity contribution in [3.8, 4) is 0 Å². The van der Waals surface area contributed by atoms with Crippen LogP contribution in [0.3, 0.4) is 0 Å². The van der Waals surface area contributed by atoms with Gasteiger partial charge in [-0.2, -0.15) is 0 Å². The summed E-state index contributed by atoms with van der Waals surface area (Å²) in [6.07, 6.45) is 2.47. The van der Waals surface area contributed by atoms with Crippen molar-refractivity contribution < 1.29 is 9.84 Å². The molecule has 1 N–H and O–H groups in total. The standard InChI is InChI=1S/C12H24N2O2/c15-8-7-13-3-5-14(6-4-13)11-12-1-9-16-10-2-12/h12,15H,1-11H2. The Morgan fingerprint density at radius 1 is 1.00 bits per heavy atom. The van der Waals surface area contributed by atoms with E-state index in [1.54, 1.807) is 0 Å². The molecule has 94 valence electrons. The third kappa shape index (κ3) is 3.70. The lowest BCUT2D eigenvalue weighted by atomic mass is 9.99. The molecular formula is C12H24N2O2. The highest BCUT2D eigenvalue weighted by Crippen LogP contribution is 2.16. The molecule has 0 aromatic carbocycles. The number of hydrogen-bond acceptors (Lipinski definition) is 4. The molecule has 0 aromatic rings. The fourth-order valence-electron chi connectivity index (χ4n) is 2.63. The minimum Gasteiger partial charge on any atom is -0.395 e. The van der Waals surface area contributed by atoms with Crippen molar-refractivity contribution in [2.45, 2.75) is 12.8 Å². The molecule has 2 rings (SSSR count). The van der Waals surface area contributed by atoms with Crippen molar-refractivity contribution >= 4 is 0 Å². The van der Waals surface area contributed by atoms with Crippen molar-refractivity contribution in [3.05, 3.63) is 0 Å². The SMILES string of the molecule is OCCN1CCN(CC2CCOCC2)CC1. The first kappa shape index (κ1) is 12.3. The Bertz CT molecular complexity index is 187. The Morgan fingerprint density at radius 3 is 2.25 bits per heavy atom. The number of aliphatic hydroxyl groups is 1. The summed E-state index contributed by atoms with van der Waals surface area (Å²) >= 11 is 0. The lowest BCUT2D eigenvalue weighted by Crippen LogP contribution is -2.48. The van der Waals surface area contributed by atoms with Gasteiger partial charge in [-0.05, 0) is 18.8 Å². The van der Waals surface area contributed by atoms with Gasteiger partial charge in [-0.25, -0.2) is 0 Å². The quantitative estimate of drug-likeness (QED) is 0.736. The Balaban J connectivity index is 1.64. The van der Waals surface area contributed by atoms with Crippen molar-refractivity contribution in [1.82, 2.24) is 9.80 Å². The molecule has 0 atom stereocenters. The third-order valence-electron chi connectivity index (χ3n) is 3.74. The van der Waals surface area contributed by atoms with E-state index in [0.29, 0.717) is 6.61 Å². The highest BCUT2D eigenvalue weighted by atomic mass is 16.5. The largest absolute Gasteiger partial charge is 0.395 e. The number of piperazine rings is 1. The molecule has 2 fully saturated rings. The molecule has 0 unspecified atom stereocenters. The van der Waals surface area contributed by atoms with Gasteiger partial charge in [-0.3, -0.25) is 4.90 Å². The van der Waals surface area contributed by atoms with Gasteiger partial charge in [0.15, 0.2) is 0 Å². The molecule has 0 saturated carbocycles. The van der Waals surface area contributed by atoms with Crippen LogP contribution in [0, 0.1) is 5.92 Å². The van der Waals surface area contributed by atoms with E-state index in [1.165, 1.54) is 19.4 Å². The molecule has 0 bridgehead atoms. The maximum Gasteiger partial charge on any atom is 0.0558 e. The molecule has 2 aliphatic rings. The normalized spacial score (nSPS) is 26.1. The predicted octanol–water partition coefficient (Wildman–Crippen LogP) is 0.0229. The monoisotopic (exact) mass is 228 g/mol. The molecule has 16 heavy (non-hydrogen) atoms. The number of aliphatic hydroxyl groups excluding tert-OH is 1. The van der Waals surface area contributed by atoms with E-state index in [2.05, 4.69) is 9.80 Å². The lowest BCUT2D eigenvalue weighted by molar-refractivity contribution is 0.0405. The molecule has 4 heteroatoms. The third-order valence-corrected chi connectivity index (χ3v) is 3.74. The molecule has 0 aromatic heterocycles. The zero-order chi connectivity index (χ0) is 11.2. The van der Waals surface area contributed by atoms with Gasteiger partial charge in [-0.15, -0.1) is 0 Å². The molecule has 0 aliphatic carbocycles. The first-order valence-electron chi connectivity index (χ1n) is 6.52. The molecule has 0 radical (unpaired) electrons. The van der Waals surface area contributed by atoms with Gasteiger partial charge in [-0.1, -0.05) is 0 Å². The van der Waals surface area contributed by atoms with E-state index in [9.17, 15) is 0 Å².